The lowest BCUT2D eigenvalue weighted by atomic mass is 9.79. The molecule has 4 heteroatoms. The molecule has 0 aromatic heterocycles. The zero-order valence-corrected chi connectivity index (χ0v) is 17.6. The van der Waals surface area contributed by atoms with Gasteiger partial charge in [-0.2, -0.15) is 5.10 Å². The number of aryl methyl sites for hydroxylation is 1. The standard InChI is InChI=1S/C24H31N3O/c1-6-13-27-22-12-9-19(14-21(22)18(3)15-24(27,4)5)16-25-26-23(28)20-10-7-17(2)8-11-20/h7-12,14,16,18H,6,13,15H2,1-5H3,(H,26,28)/b25-16-. The van der Waals surface area contributed by atoms with Crippen LogP contribution >= 0.6 is 0 Å². The average molecular weight is 378 g/mol. The van der Waals surface area contributed by atoms with Gasteiger partial charge in [-0.1, -0.05) is 37.6 Å². The van der Waals surface area contributed by atoms with Gasteiger partial charge in [-0.05, 0) is 74.9 Å². The molecule has 1 aliphatic rings. The SMILES string of the molecule is CCCN1c2ccc(/C=N\NC(=O)c3ccc(C)cc3)cc2C(C)CC1(C)C. The van der Waals surface area contributed by atoms with Crippen LogP contribution in [0.4, 0.5) is 5.69 Å². The predicted molar refractivity (Wildman–Crippen MR) is 117 cm³/mol. The molecule has 2 aromatic carbocycles. The Morgan fingerprint density at radius 2 is 1.96 bits per heavy atom. The fourth-order valence-corrected chi connectivity index (χ4v) is 4.17. The molecule has 0 radical (unpaired) electrons. The van der Waals surface area contributed by atoms with Gasteiger partial charge in [0.05, 0.1) is 6.21 Å². The first-order valence-electron chi connectivity index (χ1n) is 10.1. The monoisotopic (exact) mass is 377 g/mol. The van der Waals surface area contributed by atoms with Crippen molar-refractivity contribution in [3.8, 4) is 0 Å². The maximum Gasteiger partial charge on any atom is 0.271 e. The first-order valence-corrected chi connectivity index (χ1v) is 10.1. The Bertz CT molecular complexity index is 868. The summed E-state index contributed by atoms with van der Waals surface area (Å²) in [5, 5.41) is 4.16. The third-order valence-electron chi connectivity index (χ3n) is 5.55. The van der Waals surface area contributed by atoms with E-state index in [1.54, 1.807) is 6.21 Å². The second-order valence-electron chi connectivity index (χ2n) is 8.45. The van der Waals surface area contributed by atoms with E-state index in [2.05, 4.69) is 61.3 Å². The zero-order valence-electron chi connectivity index (χ0n) is 17.6. The summed E-state index contributed by atoms with van der Waals surface area (Å²) < 4.78 is 0. The number of hydrogen-bond acceptors (Lipinski definition) is 3. The number of nitrogens with zero attached hydrogens (tertiary/aromatic N) is 2. The Morgan fingerprint density at radius 3 is 2.64 bits per heavy atom. The van der Waals surface area contributed by atoms with Crippen molar-refractivity contribution in [2.24, 2.45) is 5.10 Å². The highest BCUT2D eigenvalue weighted by Crippen LogP contribution is 2.43. The van der Waals surface area contributed by atoms with E-state index in [0.717, 1.165) is 30.5 Å². The third kappa shape index (κ3) is 4.27. The molecule has 1 amide bonds. The molecule has 3 rings (SSSR count). The van der Waals surface area contributed by atoms with Gasteiger partial charge >= 0.3 is 0 Å². The van der Waals surface area contributed by atoms with Gasteiger partial charge in [0, 0.05) is 23.3 Å². The lowest BCUT2D eigenvalue weighted by Gasteiger charge is -2.47. The number of amides is 1. The molecule has 1 aliphatic heterocycles. The van der Waals surface area contributed by atoms with Crippen LogP contribution in [0.25, 0.3) is 0 Å². The zero-order chi connectivity index (χ0) is 20.3. The quantitative estimate of drug-likeness (QED) is 0.570. The molecule has 0 fully saturated rings. The van der Waals surface area contributed by atoms with Gasteiger partial charge in [0.2, 0.25) is 0 Å². The topological polar surface area (TPSA) is 44.7 Å². The summed E-state index contributed by atoms with van der Waals surface area (Å²) in [6, 6.07) is 14.0. The number of benzene rings is 2. The van der Waals surface area contributed by atoms with Crippen molar-refractivity contribution in [1.29, 1.82) is 0 Å². The van der Waals surface area contributed by atoms with Gasteiger partial charge in [-0.25, -0.2) is 5.43 Å². The highest BCUT2D eigenvalue weighted by Gasteiger charge is 2.35. The van der Waals surface area contributed by atoms with E-state index in [1.165, 1.54) is 11.3 Å². The van der Waals surface area contributed by atoms with E-state index in [0.29, 0.717) is 11.5 Å². The number of anilines is 1. The summed E-state index contributed by atoms with van der Waals surface area (Å²) in [7, 11) is 0. The maximum atomic E-state index is 12.2. The molecule has 0 saturated heterocycles. The third-order valence-corrected chi connectivity index (χ3v) is 5.55. The van der Waals surface area contributed by atoms with Crippen LogP contribution in [0, 0.1) is 6.92 Å². The second kappa shape index (κ2) is 8.17. The molecular formula is C24H31N3O. The number of hydrogen-bond donors (Lipinski definition) is 1. The number of carbonyl (C=O) groups is 1. The minimum atomic E-state index is -0.196. The van der Waals surface area contributed by atoms with E-state index in [9.17, 15) is 4.79 Å². The van der Waals surface area contributed by atoms with E-state index >= 15 is 0 Å². The Morgan fingerprint density at radius 1 is 1.25 bits per heavy atom. The van der Waals surface area contributed by atoms with Crippen LogP contribution in [0.5, 0.6) is 0 Å². The van der Waals surface area contributed by atoms with Gasteiger partial charge in [-0.3, -0.25) is 4.79 Å². The molecular weight excluding hydrogens is 346 g/mol. The minimum Gasteiger partial charge on any atom is -0.366 e. The van der Waals surface area contributed by atoms with Crippen LogP contribution in [-0.4, -0.2) is 24.2 Å². The summed E-state index contributed by atoms with van der Waals surface area (Å²) >= 11 is 0. The highest BCUT2D eigenvalue weighted by atomic mass is 16.2. The van der Waals surface area contributed by atoms with Crippen LogP contribution in [0.2, 0.25) is 0 Å². The molecule has 0 bridgehead atoms. The number of nitrogens with one attached hydrogen (secondary N) is 1. The van der Waals surface area contributed by atoms with E-state index in [-0.39, 0.29) is 11.4 Å². The summed E-state index contributed by atoms with van der Waals surface area (Å²) in [6.45, 7) is 12.2. The van der Waals surface area contributed by atoms with Crippen LogP contribution in [-0.2, 0) is 0 Å². The first kappa shape index (κ1) is 20.1. The Balaban J connectivity index is 1.76. The molecule has 0 aliphatic carbocycles. The number of fused-ring (bicyclic) bond motifs is 1. The van der Waals surface area contributed by atoms with Gasteiger partial charge < -0.3 is 4.90 Å². The van der Waals surface area contributed by atoms with Gasteiger partial charge in [-0.15, -0.1) is 0 Å². The van der Waals surface area contributed by atoms with E-state index < -0.39 is 0 Å². The smallest absolute Gasteiger partial charge is 0.271 e. The normalized spacial score (nSPS) is 18.2. The fraction of sp³-hybridized carbons (Fsp3) is 0.417. The second-order valence-corrected chi connectivity index (χ2v) is 8.45. The molecule has 28 heavy (non-hydrogen) atoms. The lowest BCUT2D eigenvalue weighted by Crippen LogP contribution is -2.48. The number of carbonyl (C=O) groups excluding carboxylic acids is 1. The highest BCUT2D eigenvalue weighted by molar-refractivity contribution is 5.95. The average Bonchev–Trinajstić information content (AvgIpc) is 2.65. The van der Waals surface area contributed by atoms with Crippen molar-refractivity contribution in [3.05, 3.63) is 64.7 Å². The lowest BCUT2D eigenvalue weighted by molar-refractivity contribution is 0.0955. The molecule has 1 heterocycles. The first-order chi connectivity index (χ1) is 13.3. The van der Waals surface area contributed by atoms with Crippen molar-refractivity contribution in [2.75, 3.05) is 11.4 Å². The van der Waals surface area contributed by atoms with Gasteiger partial charge in [0.1, 0.15) is 0 Å². The van der Waals surface area contributed by atoms with Crippen molar-refractivity contribution >= 4 is 17.8 Å². The van der Waals surface area contributed by atoms with Crippen molar-refractivity contribution < 1.29 is 4.79 Å². The Kier molecular flexibility index (Phi) is 5.87. The largest absolute Gasteiger partial charge is 0.366 e. The number of rotatable bonds is 5. The van der Waals surface area contributed by atoms with Crippen LogP contribution in [0.1, 0.15) is 73.5 Å². The van der Waals surface area contributed by atoms with Crippen molar-refractivity contribution in [3.63, 3.8) is 0 Å². The molecule has 148 valence electrons. The Hall–Kier alpha value is -2.62. The number of hydrazone groups is 1. The molecule has 4 nitrogen and oxygen atoms in total. The molecule has 1 atom stereocenters. The van der Waals surface area contributed by atoms with Crippen molar-refractivity contribution in [2.45, 2.75) is 58.9 Å². The van der Waals surface area contributed by atoms with Crippen LogP contribution < -0.4 is 10.3 Å². The maximum absolute atomic E-state index is 12.2. The molecule has 1 N–H and O–H groups in total. The van der Waals surface area contributed by atoms with Crippen LogP contribution in [0.15, 0.2) is 47.6 Å². The van der Waals surface area contributed by atoms with Gasteiger partial charge in [0.25, 0.3) is 5.91 Å². The summed E-state index contributed by atoms with van der Waals surface area (Å²) in [4.78, 5) is 14.7. The minimum absolute atomic E-state index is 0.167. The van der Waals surface area contributed by atoms with Gasteiger partial charge in [0.15, 0.2) is 0 Å². The Labute approximate surface area is 168 Å². The summed E-state index contributed by atoms with van der Waals surface area (Å²) in [5.74, 6) is 0.298. The predicted octanol–water partition coefficient (Wildman–Crippen LogP) is 5.26. The van der Waals surface area contributed by atoms with E-state index in [4.69, 9.17) is 0 Å². The summed E-state index contributed by atoms with van der Waals surface area (Å²) in [6.07, 6.45) is 3.99. The molecule has 1 unspecified atom stereocenters. The van der Waals surface area contributed by atoms with Crippen LogP contribution in [0.3, 0.4) is 0 Å². The van der Waals surface area contributed by atoms with E-state index in [1.807, 2.05) is 31.2 Å². The summed E-state index contributed by atoms with van der Waals surface area (Å²) in [5.41, 5.74) is 8.22. The van der Waals surface area contributed by atoms with Crippen molar-refractivity contribution in [1.82, 2.24) is 5.43 Å². The fourth-order valence-electron chi connectivity index (χ4n) is 4.17. The molecule has 2 aromatic rings. The molecule has 0 spiro atoms. The molecule has 0 saturated carbocycles.